The van der Waals surface area contributed by atoms with Crippen LogP contribution in [0.2, 0.25) is 0 Å². The molecule has 1 unspecified atom stereocenters. The lowest BCUT2D eigenvalue weighted by Crippen LogP contribution is -2.25. The lowest BCUT2D eigenvalue weighted by atomic mass is 10.3. The van der Waals surface area contributed by atoms with E-state index in [-0.39, 0.29) is 23.6 Å². The zero-order valence-electron chi connectivity index (χ0n) is 10.1. The standard InChI is InChI=1S/C11H14N2O4S2/c14-5-1-4-10-7-12-11(18-10)13-19(15,16)8-9-3-2-6-17-9/h7,9,14H,2-3,5-6,8H2,(H,12,13). The number of thiazole rings is 1. The third-order valence-electron chi connectivity index (χ3n) is 2.47. The minimum Gasteiger partial charge on any atom is -0.384 e. The summed E-state index contributed by atoms with van der Waals surface area (Å²) in [7, 11) is -3.45. The lowest BCUT2D eigenvalue weighted by Gasteiger charge is -2.10. The Labute approximate surface area is 115 Å². The smallest absolute Gasteiger partial charge is 0.237 e. The van der Waals surface area contributed by atoms with E-state index in [0.29, 0.717) is 11.5 Å². The Morgan fingerprint density at radius 2 is 2.47 bits per heavy atom. The Bertz CT molecular complexity index is 579. The van der Waals surface area contributed by atoms with Crippen molar-refractivity contribution in [1.82, 2.24) is 4.98 Å². The third-order valence-corrected chi connectivity index (χ3v) is 4.74. The van der Waals surface area contributed by atoms with Gasteiger partial charge >= 0.3 is 0 Å². The Morgan fingerprint density at radius 3 is 3.16 bits per heavy atom. The summed E-state index contributed by atoms with van der Waals surface area (Å²) in [6, 6.07) is 0. The molecule has 0 aromatic carbocycles. The molecule has 0 bridgehead atoms. The van der Waals surface area contributed by atoms with Gasteiger partial charge < -0.3 is 9.84 Å². The van der Waals surface area contributed by atoms with E-state index >= 15 is 0 Å². The van der Waals surface area contributed by atoms with Crippen molar-refractivity contribution in [2.24, 2.45) is 0 Å². The molecule has 2 rings (SSSR count). The van der Waals surface area contributed by atoms with E-state index in [9.17, 15) is 8.42 Å². The fourth-order valence-electron chi connectivity index (χ4n) is 1.70. The van der Waals surface area contributed by atoms with Crippen LogP contribution in [0.5, 0.6) is 0 Å². The van der Waals surface area contributed by atoms with Crippen molar-refractivity contribution in [2.45, 2.75) is 18.9 Å². The Hall–Kier alpha value is -1.14. The van der Waals surface area contributed by atoms with Gasteiger partial charge in [-0.2, -0.15) is 0 Å². The molecule has 2 N–H and O–H groups in total. The van der Waals surface area contributed by atoms with Gasteiger partial charge in [0.15, 0.2) is 5.13 Å². The summed E-state index contributed by atoms with van der Waals surface area (Å²) in [4.78, 5) is 4.53. The first-order valence-electron chi connectivity index (χ1n) is 5.77. The number of rotatable bonds is 4. The number of aliphatic hydroxyl groups excluding tert-OH is 1. The lowest BCUT2D eigenvalue weighted by molar-refractivity contribution is 0.127. The van der Waals surface area contributed by atoms with Crippen molar-refractivity contribution >= 4 is 26.5 Å². The van der Waals surface area contributed by atoms with Crippen LogP contribution >= 0.6 is 11.3 Å². The van der Waals surface area contributed by atoms with Gasteiger partial charge in [0, 0.05) is 6.61 Å². The predicted octanol–water partition coefficient (Wildman–Crippen LogP) is 0.408. The van der Waals surface area contributed by atoms with Crippen LogP contribution in [0.15, 0.2) is 6.20 Å². The Balaban J connectivity index is 1.97. The normalized spacial score (nSPS) is 18.9. The van der Waals surface area contributed by atoms with Gasteiger partial charge in [0.05, 0.1) is 22.9 Å². The van der Waals surface area contributed by atoms with E-state index in [1.54, 1.807) is 0 Å². The van der Waals surface area contributed by atoms with Crippen molar-refractivity contribution in [3.8, 4) is 11.8 Å². The third kappa shape index (κ3) is 4.47. The van der Waals surface area contributed by atoms with Crippen molar-refractivity contribution < 1.29 is 18.3 Å². The number of hydrogen-bond donors (Lipinski definition) is 2. The summed E-state index contributed by atoms with van der Waals surface area (Å²) in [6.45, 7) is 0.385. The minimum atomic E-state index is -3.45. The average Bonchev–Trinajstić information content (AvgIpc) is 2.97. The van der Waals surface area contributed by atoms with Crippen LogP contribution in [0.25, 0.3) is 0 Å². The molecule has 0 spiro atoms. The summed E-state index contributed by atoms with van der Waals surface area (Å²) in [5.74, 6) is 5.10. The Morgan fingerprint density at radius 1 is 1.63 bits per heavy atom. The second-order valence-electron chi connectivity index (χ2n) is 4.01. The highest BCUT2D eigenvalue weighted by Gasteiger charge is 2.23. The topological polar surface area (TPSA) is 88.5 Å². The predicted molar refractivity (Wildman–Crippen MR) is 72.5 cm³/mol. The molecule has 0 radical (unpaired) electrons. The summed E-state index contributed by atoms with van der Waals surface area (Å²) >= 11 is 1.13. The highest BCUT2D eigenvalue weighted by Crippen LogP contribution is 2.20. The van der Waals surface area contributed by atoms with Crippen LogP contribution in [0.3, 0.4) is 0 Å². The first kappa shape index (κ1) is 14.3. The summed E-state index contributed by atoms with van der Waals surface area (Å²) in [5, 5.41) is 8.84. The first-order valence-corrected chi connectivity index (χ1v) is 8.23. The molecule has 2 heterocycles. The van der Waals surface area contributed by atoms with Crippen LogP contribution < -0.4 is 4.72 Å². The molecule has 1 aromatic heterocycles. The van der Waals surface area contributed by atoms with Gasteiger partial charge in [-0.05, 0) is 12.8 Å². The maximum absolute atomic E-state index is 11.9. The molecule has 1 atom stereocenters. The van der Waals surface area contributed by atoms with Gasteiger partial charge in [-0.3, -0.25) is 4.72 Å². The average molecular weight is 302 g/mol. The number of aliphatic hydroxyl groups is 1. The molecule has 0 amide bonds. The maximum Gasteiger partial charge on any atom is 0.237 e. The van der Waals surface area contributed by atoms with Crippen LogP contribution in [0, 0.1) is 11.8 Å². The second-order valence-corrected chi connectivity index (χ2v) is 6.81. The van der Waals surface area contributed by atoms with E-state index in [4.69, 9.17) is 9.84 Å². The van der Waals surface area contributed by atoms with E-state index in [1.807, 2.05) is 0 Å². The van der Waals surface area contributed by atoms with Crippen LogP contribution in [0.4, 0.5) is 5.13 Å². The number of hydrogen-bond acceptors (Lipinski definition) is 6. The quantitative estimate of drug-likeness (QED) is 0.786. The van der Waals surface area contributed by atoms with Gasteiger partial charge in [-0.15, -0.1) is 0 Å². The van der Waals surface area contributed by atoms with Gasteiger partial charge in [-0.25, -0.2) is 13.4 Å². The van der Waals surface area contributed by atoms with Crippen LogP contribution in [0.1, 0.15) is 17.7 Å². The van der Waals surface area contributed by atoms with Crippen LogP contribution in [-0.4, -0.2) is 43.6 Å². The zero-order valence-corrected chi connectivity index (χ0v) is 11.8. The molecule has 19 heavy (non-hydrogen) atoms. The number of sulfonamides is 1. The molecule has 104 valence electrons. The largest absolute Gasteiger partial charge is 0.384 e. The van der Waals surface area contributed by atoms with Crippen molar-refractivity contribution in [3.05, 3.63) is 11.1 Å². The number of nitrogens with zero attached hydrogens (tertiary/aromatic N) is 1. The van der Waals surface area contributed by atoms with Gasteiger partial charge in [0.1, 0.15) is 6.61 Å². The molecule has 0 aliphatic carbocycles. The molecule has 1 aliphatic heterocycles. The van der Waals surface area contributed by atoms with Crippen molar-refractivity contribution in [3.63, 3.8) is 0 Å². The minimum absolute atomic E-state index is 0.0514. The Kier molecular flexibility index (Phi) is 4.76. The van der Waals surface area contributed by atoms with Gasteiger partial charge in [0.25, 0.3) is 0 Å². The number of anilines is 1. The maximum atomic E-state index is 11.9. The SMILES string of the molecule is O=S(=O)(CC1CCCO1)Nc1ncc(C#CCO)s1. The molecule has 0 saturated carbocycles. The van der Waals surface area contributed by atoms with Crippen LogP contribution in [-0.2, 0) is 14.8 Å². The first-order chi connectivity index (χ1) is 9.09. The molecule has 1 fully saturated rings. The number of aromatic nitrogens is 1. The summed E-state index contributed by atoms with van der Waals surface area (Å²) in [6.07, 6.45) is 2.91. The second kappa shape index (κ2) is 6.34. The molecule has 8 heteroatoms. The van der Waals surface area contributed by atoms with E-state index < -0.39 is 10.0 Å². The molecular formula is C11H14N2O4S2. The van der Waals surface area contributed by atoms with Gasteiger partial charge in [0.2, 0.25) is 10.0 Å². The fourth-order valence-corrected chi connectivity index (χ4v) is 3.95. The number of ether oxygens (including phenoxy) is 1. The van der Waals surface area contributed by atoms with E-state index in [2.05, 4.69) is 21.5 Å². The highest BCUT2D eigenvalue weighted by atomic mass is 32.2. The molecule has 1 aromatic rings. The molecular weight excluding hydrogens is 288 g/mol. The van der Waals surface area contributed by atoms with Crippen molar-refractivity contribution in [2.75, 3.05) is 23.7 Å². The molecule has 1 saturated heterocycles. The van der Waals surface area contributed by atoms with Gasteiger partial charge in [-0.1, -0.05) is 23.2 Å². The highest BCUT2D eigenvalue weighted by molar-refractivity contribution is 7.92. The molecule has 1 aliphatic rings. The zero-order chi connectivity index (χ0) is 13.7. The number of nitrogens with one attached hydrogen (secondary N) is 1. The van der Waals surface area contributed by atoms with E-state index in [0.717, 1.165) is 24.2 Å². The fraction of sp³-hybridized carbons (Fsp3) is 0.545. The molecule has 6 nitrogen and oxygen atoms in total. The van der Waals surface area contributed by atoms with E-state index in [1.165, 1.54) is 6.20 Å². The summed E-state index contributed by atoms with van der Waals surface area (Å²) in [5.41, 5.74) is 0. The summed E-state index contributed by atoms with van der Waals surface area (Å²) < 4.78 is 31.5. The monoisotopic (exact) mass is 302 g/mol. The van der Waals surface area contributed by atoms with Crippen molar-refractivity contribution in [1.29, 1.82) is 0 Å².